The van der Waals surface area contributed by atoms with Crippen molar-refractivity contribution < 1.29 is 0 Å². The first-order valence-electron chi connectivity index (χ1n) is 21.0. The van der Waals surface area contributed by atoms with E-state index < -0.39 is 0 Å². The summed E-state index contributed by atoms with van der Waals surface area (Å²) in [6, 6.07) is 79.2. The third kappa shape index (κ3) is 5.82. The van der Waals surface area contributed by atoms with E-state index in [2.05, 4.69) is 209 Å². The van der Waals surface area contributed by atoms with Gasteiger partial charge in [0.25, 0.3) is 0 Å². The molecule has 0 saturated carbocycles. The zero-order valence-corrected chi connectivity index (χ0v) is 33.6. The predicted molar refractivity (Wildman–Crippen MR) is 256 cm³/mol. The average Bonchev–Trinajstić information content (AvgIpc) is 3.88. The minimum atomic E-state index is 0.607. The fourth-order valence-electron chi connectivity index (χ4n) is 9.27. The van der Waals surface area contributed by atoms with Gasteiger partial charge in [-0.25, -0.2) is 15.0 Å². The number of benzene rings is 9. The van der Waals surface area contributed by atoms with Gasteiger partial charge in [-0.2, -0.15) is 0 Å². The van der Waals surface area contributed by atoms with Crippen molar-refractivity contribution in [3.8, 4) is 67.8 Å². The van der Waals surface area contributed by atoms with Crippen LogP contribution in [0.25, 0.3) is 111 Å². The molecular weight excluding hydrogens is 755 g/mol. The summed E-state index contributed by atoms with van der Waals surface area (Å²) in [6.07, 6.45) is 0. The molecule has 0 unspecified atom stereocenters. The van der Waals surface area contributed by atoms with E-state index in [4.69, 9.17) is 15.0 Å². The summed E-state index contributed by atoms with van der Waals surface area (Å²) in [4.78, 5) is 15.6. The largest absolute Gasteiger partial charge is 0.309 e. The maximum atomic E-state index is 5.28. The summed E-state index contributed by atoms with van der Waals surface area (Å²) in [7, 11) is 0. The number of fused-ring (bicyclic) bond motifs is 6. The quantitative estimate of drug-likeness (QED) is 0.162. The number of rotatable bonds is 7. The molecule has 0 bridgehead atoms. The van der Waals surface area contributed by atoms with Crippen LogP contribution in [0.2, 0.25) is 0 Å². The molecule has 62 heavy (non-hydrogen) atoms. The summed E-state index contributed by atoms with van der Waals surface area (Å²) in [6.45, 7) is 0. The topological polar surface area (TPSA) is 48.5 Å². The molecule has 0 saturated heterocycles. The van der Waals surface area contributed by atoms with E-state index in [1.54, 1.807) is 0 Å². The fraction of sp³-hybridized carbons (Fsp3) is 0. The van der Waals surface area contributed by atoms with Crippen LogP contribution in [-0.4, -0.2) is 24.1 Å². The molecule has 0 spiro atoms. The van der Waals surface area contributed by atoms with Gasteiger partial charge in [0, 0.05) is 43.9 Å². The molecule has 0 fully saturated rings. The molecule has 12 aromatic rings. The predicted octanol–water partition coefficient (Wildman–Crippen LogP) is 14.4. The summed E-state index contributed by atoms with van der Waals surface area (Å²) in [5, 5.41) is 4.83. The molecule has 3 aromatic heterocycles. The van der Waals surface area contributed by atoms with Crippen LogP contribution in [0.15, 0.2) is 224 Å². The summed E-state index contributed by atoms with van der Waals surface area (Å²) >= 11 is 0. The van der Waals surface area contributed by atoms with Crippen LogP contribution in [0.5, 0.6) is 0 Å². The molecule has 3 heterocycles. The smallest absolute Gasteiger partial charge is 0.166 e. The van der Waals surface area contributed by atoms with Gasteiger partial charge in [0.2, 0.25) is 0 Å². The van der Waals surface area contributed by atoms with E-state index in [-0.39, 0.29) is 0 Å². The number of aromatic nitrogens is 5. The maximum absolute atomic E-state index is 5.28. The van der Waals surface area contributed by atoms with Crippen LogP contribution >= 0.6 is 0 Å². The third-order valence-electron chi connectivity index (χ3n) is 12.0. The first kappa shape index (κ1) is 35.5. The average molecular weight is 792 g/mol. The van der Waals surface area contributed by atoms with Gasteiger partial charge in [-0.05, 0) is 76.9 Å². The second kappa shape index (κ2) is 14.7. The highest BCUT2D eigenvalue weighted by atomic mass is 15.1. The van der Waals surface area contributed by atoms with Crippen molar-refractivity contribution in [2.24, 2.45) is 0 Å². The summed E-state index contributed by atoms with van der Waals surface area (Å²) in [5.74, 6) is 1.85. The van der Waals surface area contributed by atoms with E-state index in [9.17, 15) is 0 Å². The maximum Gasteiger partial charge on any atom is 0.166 e. The van der Waals surface area contributed by atoms with Crippen molar-refractivity contribution in [1.82, 2.24) is 24.1 Å². The Labute approximate surface area is 358 Å². The van der Waals surface area contributed by atoms with Gasteiger partial charge in [-0.3, -0.25) is 0 Å². The van der Waals surface area contributed by atoms with Crippen LogP contribution in [0.3, 0.4) is 0 Å². The Morgan fingerprint density at radius 3 is 1.39 bits per heavy atom. The van der Waals surface area contributed by atoms with Gasteiger partial charge in [0.05, 0.1) is 27.8 Å². The van der Waals surface area contributed by atoms with Crippen molar-refractivity contribution in [3.05, 3.63) is 224 Å². The van der Waals surface area contributed by atoms with E-state index in [0.29, 0.717) is 17.5 Å². The second-order valence-electron chi connectivity index (χ2n) is 15.6. The van der Waals surface area contributed by atoms with Gasteiger partial charge >= 0.3 is 0 Å². The number of para-hydroxylation sites is 4. The highest BCUT2D eigenvalue weighted by molar-refractivity contribution is 6.22. The van der Waals surface area contributed by atoms with E-state index in [1.165, 1.54) is 43.7 Å². The minimum absolute atomic E-state index is 0.607. The van der Waals surface area contributed by atoms with Crippen molar-refractivity contribution in [3.63, 3.8) is 0 Å². The molecule has 290 valence electrons. The lowest BCUT2D eigenvalue weighted by Gasteiger charge is -2.15. The molecule has 0 atom stereocenters. The molecule has 5 heteroatoms. The molecule has 0 amide bonds. The van der Waals surface area contributed by atoms with Crippen molar-refractivity contribution in [1.29, 1.82) is 0 Å². The van der Waals surface area contributed by atoms with Crippen molar-refractivity contribution in [2.75, 3.05) is 0 Å². The Hall–Kier alpha value is -8.41. The normalized spacial score (nSPS) is 11.5. The van der Waals surface area contributed by atoms with Gasteiger partial charge in [-0.15, -0.1) is 0 Å². The Balaban J connectivity index is 1.09. The van der Waals surface area contributed by atoms with Gasteiger partial charge in [-0.1, -0.05) is 170 Å². The molecule has 9 aromatic carbocycles. The monoisotopic (exact) mass is 791 g/mol. The minimum Gasteiger partial charge on any atom is -0.309 e. The van der Waals surface area contributed by atoms with Crippen molar-refractivity contribution in [2.45, 2.75) is 0 Å². The lowest BCUT2D eigenvalue weighted by molar-refractivity contribution is 1.06. The molecule has 5 nitrogen and oxygen atoms in total. The Kier molecular flexibility index (Phi) is 8.42. The highest BCUT2D eigenvalue weighted by Gasteiger charge is 2.23. The Bertz CT molecular complexity index is 3620. The molecule has 12 rings (SSSR count). The van der Waals surface area contributed by atoms with Crippen LogP contribution in [0, 0.1) is 0 Å². The van der Waals surface area contributed by atoms with Crippen LogP contribution in [-0.2, 0) is 0 Å². The first-order chi connectivity index (χ1) is 30.8. The Morgan fingerprint density at radius 2 is 0.710 bits per heavy atom. The van der Waals surface area contributed by atoms with Crippen molar-refractivity contribution >= 4 is 43.6 Å². The number of nitrogens with zero attached hydrogens (tertiary/aromatic N) is 5. The third-order valence-corrected chi connectivity index (χ3v) is 12.0. The van der Waals surface area contributed by atoms with Gasteiger partial charge in [0.15, 0.2) is 17.5 Å². The summed E-state index contributed by atoms with van der Waals surface area (Å²) in [5.41, 5.74) is 14.1. The van der Waals surface area contributed by atoms with Crippen LogP contribution in [0.4, 0.5) is 0 Å². The van der Waals surface area contributed by atoms with Gasteiger partial charge < -0.3 is 9.13 Å². The molecule has 0 N–H and O–H groups in total. The zero-order chi connectivity index (χ0) is 41.0. The molecule has 0 aliphatic rings. The van der Waals surface area contributed by atoms with E-state index in [1.807, 2.05) is 24.3 Å². The Morgan fingerprint density at radius 1 is 0.274 bits per heavy atom. The second-order valence-corrected chi connectivity index (χ2v) is 15.6. The molecule has 0 radical (unpaired) electrons. The van der Waals surface area contributed by atoms with Crippen LogP contribution < -0.4 is 0 Å². The first-order valence-corrected chi connectivity index (χ1v) is 21.0. The molecule has 0 aliphatic carbocycles. The molecule has 0 aliphatic heterocycles. The zero-order valence-electron chi connectivity index (χ0n) is 33.6. The number of hydrogen-bond donors (Lipinski definition) is 0. The number of hydrogen-bond acceptors (Lipinski definition) is 3. The highest BCUT2D eigenvalue weighted by Crippen LogP contribution is 2.44. The van der Waals surface area contributed by atoms with E-state index in [0.717, 1.165) is 50.2 Å². The summed E-state index contributed by atoms with van der Waals surface area (Å²) < 4.78 is 4.77. The van der Waals surface area contributed by atoms with Crippen LogP contribution in [0.1, 0.15) is 0 Å². The standard InChI is InChI=1S/C57H37N5/c1-4-19-38(20-5-1)40-23-16-24-41(37-40)56-58-55(39-21-6-2-7-22-39)59-57(60-56)47-29-12-15-34-50(47)62-49-33-14-11-28-46(49)54-44(31-18-36-52(54)62)43-30-17-35-51-53(43)45-27-10-13-32-48(45)61(51)42-25-8-3-9-26-42/h1-37H. The van der Waals surface area contributed by atoms with E-state index >= 15 is 0 Å². The lowest BCUT2D eigenvalue weighted by atomic mass is 9.95. The molecular formula is C57H37N5. The fourth-order valence-corrected chi connectivity index (χ4v) is 9.27. The SMILES string of the molecule is c1ccc(-c2cccc(-c3nc(-c4ccccc4)nc(-c4ccccc4-n4c5ccccc5c5c(-c6cccc7c6c6ccccc6n7-c6ccccc6)cccc54)n3)c2)cc1. The lowest BCUT2D eigenvalue weighted by Crippen LogP contribution is -2.03. The van der Waals surface area contributed by atoms with Gasteiger partial charge in [0.1, 0.15) is 0 Å².